The lowest BCUT2D eigenvalue weighted by atomic mass is 9.95. The molecule has 1 aliphatic rings. The van der Waals surface area contributed by atoms with E-state index in [4.69, 9.17) is 0 Å². The van der Waals surface area contributed by atoms with Crippen molar-refractivity contribution in [3.05, 3.63) is 34.1 Å². The van der Waals surface area contributed by atoms with Gasteiger partial charge in [0.25, 0.3) is 0 Å². The van der Waals surface area contributed by atoms with Crippen LogP contribution in [-0.2, 0) is 5.41 Å². The van der Waals surface area contributed by atoms with Crippen molar-refractivity contribution in [1.82, 2.24) is 0 Å². The van der Waals surface area contributed by atoms with Gasteiger partial charge in [-0.05, 0) is 35.4 Å². The van der Waals surface area contributed by atoms with E-state index in [1.165, 1.54) is 0 Å². The second kappa shape index (κ2) is 3.60. The fraction of sp³-hybridized carbons (Fsp3) is 0.455. The van der Waals surface area contributed by atoms with Gasteiger partial charge >= 0.3 is 0 Å². The summed E-state index contributed by atoms with van der Waals surface area (Å²) in [5, 5.41) is 0.957. The molecule has 0 aromatic heterocycles. The maximum Gasteiger partial charge on any atom is 0.128 e. The lowest BCUT2D eigenvalue weighted by Crippen LogP contribution is -2.07. The molecule has 0 radical (unpaired) electrons. The van der Waals surface area contributed by atoms with Crippen LogP contribution in [0.4, 0.5) is 4.39 Å². The van der Waals surface area contributed by atoms with Gasteiger partial charge in [0.1, 0.15) is 5.82 Å². The minimum absolute atomic E-state index is 0.0499. The third-order valence-electron chi connectivity index (χ3n) is 3.14. The Hall–Kier alpha value is 0.110. The van der Waals surface area contributed by atoms with Gasteiger partial charge in [-0.3, -0.25) is 0 Å². The van der Waals surface area contributed by atoms with Crippen LogP contribution in [0, 0.1) is 11.7 Å². The van der Waals surface area contributed by atoms with E-state index in [1.54, 1.807) is 6.07 Å². The van der Waals surface area contributed by atoms with Gasteiger partial charge in [0.2, 0.25) is 0 Å². The summed E-state index contributed by atoms with van der Waals surface area (Å²) in [6, 6.07) is 5.35. The van der Waals surface area contributed by atoms with Gasteiger partial charge in [-0.2, -0.15) is 0 Å². The van der Waals surface area contributed by atoms with Crippen molar-refractivity contribution in [2.45, 2.75) is 18.8 Å². The number of rotatable bonds is 2. The summed E-state index contributed by atoms with van der Waals surface area (Å²) < 4.78 is 14.5. The van der Waals surface area contributed by atoms with E-state index in [0.717, 1.165) is 21.8 Å². The molecule has 0 nitrogen and oxygen atoms in total. The molecule has 0 amide bonds. The second-order valence-electron chi connectivity index (χ2n) is 4.10. The van der Waals surface area contributed by atoms with Crippen molar-refractivity contribution in [2.75, 3.05) is 5.33 Å². The number of hydrogen-bond donors (Lipinski definition) is 0. The Labute approximate surface area is 100 Å². The minimum Gasteiger partial charge on any atom is -0.207 e. The molecule has 1 saturated carbocycles. The SMILES string of the molecule is CC1(c2ccc(Br)cc2F)CC1CBr. The van der Waals surface area contributed by atoms with Crippen LogP contribution in [0.3, 0.4) is 0 Å². The molecule has 0 spiro atoms. The normalized spacial score (nSPS) is 30.4. The first kappa shape index (κ1) is 10.6. The second-order valence-corrected chi connectivity index (χ2v) is 5.66. The Morgan fingerprint density at radius 3 is 2.79 bits per heavy atom. The molecule has 2 atom stereocenters. The summed E-state index contributed by atoms with van der Waals surface area (Å²) in [6.07, 6.45) is 1.08. The maximum absolute atomic E-state index is 13.7. The Kier molecular flexibility index (Phi) is 2.73. The third-order valence-corrected chi connectivity index (χ3v) is 4.42. The van der Waals surface area contributed by atoms with Crippen LogP contribution in [0.5, 0.6) is 0 Å². The highest BCUT2D eigenvalue weighted by molar-refractivity contribution is 9.10. The maximum atomic E-state index is 13.7. The molecule has 1 aromatic carbocycles. The standard InChI is InChI=1S/C11H11Br2F/c1-11(5-7(11)6-12)9-3-2-8(13)4-10(9)14/h2-4,7H,5-6H2,1H3. The van der Waals surface area contributed by atoms with Crippen LogP contribution in [-0.4, -0.2) is 5.33 Å². The zero-order valence-corrected chi connectivity index (χ0v) is 11.0. The Morgan fingerprint density at radius 2 is 2.29 bits per heavy atom. The van der Waals surface area contributed by atoms with Crippen molar-refractivity contribution in [1.29, 1.82) is 0 Å². The topological polar surface area (TPSA) is 0 Å². The lowest BCUT2D eigenvalue weighted by molar-refractivity contribution is 0.573. The molecule has 76 valence electrons. The molecule has 0 N–H and O–H groups in total. The van der Waals surface area contributed by atoms with Crippen LogP contribution in [0.2, 0.25) is 0 Å². The largest absolute Gasteiger partial charge is 0.207 e. The van der Waals surface area contributed by atoms with Crippen LogP contribution in [0.1, 0.15) is 18.9 Å². The van der Waals surface area contributed by atoms with Gasteiger partial charge < -0.3 is 0 Å². The van der Waals surface area contributed by atoms with E-state index in [-0.39, 0.29) is 11.2 Å². The molecule has 14 heavy (non-hydrogen) atoms. The van der Waals surface area contributed by atoms with E-state index in [9.17, 15) is 4.39 Å². The van der Waals surface area contributed by atoms with Gasteiger partial charge in [0, 0.05) is 9.80 Å². The van der Waals surface area contributed by atoms with Crippen molar-refractivity contribution < 1.29 is 4.39 Å². The average Bonchev–Trinajstić information content (AvgIpc) is 2.77. The molecule has 1 aliphatic carbocycles. The molecule has 0 bridgehead atoms. The fourth-order valence-corrected chi connectivity index (χ4v) is 3.24. The van der Waals surface area contributed by atoms with Crippen molar-refractivity contribution >= 4 is 31.9 Å². The smallest absolute Gasteiger partial charge is 0.128 e. The summed E-state index contributed by atoms with van der Waals surface area (Å²) in [4.78, 5) is 0. The molecule has 3 heteroatoms. The number of halogens is 3. The summed E-state index contributed by atoms with van der Waals surface area (Å²) >= 11 is 6.72. The lowest BCUT2D eigenvalue weighted by Gasteiger charge is -2.12. The van der Waals surface area contributed by atoms with E-state index in [1.807, 2.05) is 12.1 Å². The van der Waals surface area contributed by atoms with Gasteiger partial charge in [0.05, 0.1) is 0 Å². The van der Waals surface area contributed by atoms with Crippen molar-refractivity contribution in [3.8, 4) is 0 Å². The van der Waals surface area contributed by atoms with Crippen LogP contribution in [0.15, 0.2) is 22.7 Å². The van der Waals surface area contributed by atoms with Gasteiger partial charge in [-0.15, -0.1) is 0 Å². The zero-order valence-electron chi connectivity index (χ0n) is 7.86. The molecular weight excluding hydrogens is 311 g/mol. The Bertz CT molecular complexity index is 364. The molecule has 1 aromatic rings. The van der Waals surface area contributed by atoms with Gasteiger partial charge in [-0.1, -0.05) is 44.8 Å². The third kappa shape index (κ3) is 1.65. The Morgan fingerprint density at radius 1 is 1.57 bits per heavy atom. The fourth-order valence-electron chi connectivity index (χ4n) is 1.96. The van der Waals surface area contributed by atoms with E-state index < -0.39 is 0 Å². The summed E-state index contributed by atoms with van der Waals surface area (Å²) in [7, 11) is 0. The number of hydrogen-bond acceptors (Lipinski definition) is 0. The monoisotopic (exact) mass is 320 g/mol. The highest BCUT2D eigenvalue weighted by Gasteiger charge is 2.51. The minimum atomic E-state index is -0.0923. The van der Waals surface area contributed by atoms with E-state index in [2.05, 4.69) is 38.8 Å². The predicted octanol–water partition coefficient (Wildman–Crippen LogP) is 4.26. The molecule has 0 aliphatic heterocycles. The van der Waals surface area contributed by atoms with Gasteiger partial charge in [-0.25, -0.2) is 4.39 Å². The summed E-state index contributed by atoms with van der Waals surface area (Å²) in [5.74, 6) is 0.489. The first-order valence-electron chi connectivity index (χ1n) is 4.59. The molecule has 0 saturated heterocycles. The van der Waals surface area contributed by atoms with Crippen LogP contribution >= 0.6 is 31.9 Å². The van der Waals surface area contributed by atoms with Crippen LogP contribution < -0.4 is 0 Å². The van der Waals surface area contributed by atoms with E-state index in [0.29, 0.717) is 5.92 Å². The highest BCUT2D eigenvalue weighted by atomic mass is 79.9. The number of benzene rings is 1. The quantitative estimate of drug-likeness (QED) is 0.714. The zero-order chi connectivity index (χ0) is 10.3. The molecule has 1 fully saturated rings. The summed E-state index contributed by atoms with van der Waals surface area (Å²) in [6.45, 7) is 2.13. The average molecular weight is 322 g/mol. The van der Waals surface area contributed by atoms with E-state index >= 15 is 0 Å². The molecule has 0 heterocycles. The molecule has 2 unspecified atom stereocenters. The Balaban J connectivity index is 2.34. The first-order valence-corrected chi connectivity index (χ1v) is 6.51. The van der Waals surface area contributed by atoms with Crippen molar-refractivity contribution in [3.63, 3.8) is 0 Å². The van der Waals surface area contributed by atoms with Crippen molar-refractivity contribution in [2.24, 2.45) is 5.92 Å². The molecular formula is C11H11Br2F. The molecule has 2 rings (SSSR count). The van der Waals surface area contributed by atoms with Gasteiger partial charge in [0.15, 0.2) is 0 Å². The highest BCUT2D eigenvalue weighted by Crippen LogP contribution is 2.55. The summed E-state index contributed by atoms with van der Waals surface area (Å²) in [5.41, 5.74) is 0.902. The van der Waals surface area contributed by atoms with Crippen LogP contribution in [0.25, 0.3) is 0 Å². The first-order chi connectivity index (χ1) is 6.58. The number of alkyl halides is 1. The predicted molar refractivity (Wildman–Crippen MR) is 63.4 cm³/mol.